The molecule has 3 rings (SSSR count). The van der Waals surface area contributed by atoms with Crippen molar-refractivity contribution < 1.29 is 22.7 Å². The van der Waals surface area contributed by atoms with Crippen LogP contribution in [-0.4, -0.2) is 37.7 Å². The molecule has 0 aliphatic carbocycles. The van der Waals surface area contributed by atoms with Crippen molar-refractivity contribution >= 4 is 43.3 Å². The van der Waals surface area contributed by atoms with E-state index in [2.05, 4.69) is 18.8 Å². The fourth-order valence-electron chi connectivity index (χ4n) is 3.03. The summed E-state index contributed by atoms with van der Waals surface area (Å²) in [4.78, 5) is 29.6. The summed E-state index contributed by atoms with van der Waals surface area (Å²) >= 11 is 1.30. The number of hydrogen-bond donors (Lipinski definition) is 0. The summed E-state index contributed by atoms with van der Waals surface area (Å²) < 4.78 is 31.2. The first-order valence-electron chi connectivity index (χ1n) is 9.78. The Morgan fingerprint density at radius 1 is 1.16 bits per heavy atom. The fourth-order valence-corrected chi connectivity index (χ4v) is 4.78. The number of aromatic nitrogens is 1. The summed E-state index contributed by atoms with van der Waals surface area (Å²) in [6.07, 6.45) is 1.08. The normalized spacial score (nSPS) is 12.5. The molecule has 31 heavy (non-hydrogen) atoms. The lowest BCUT2D eigenvalue weighted by atomic mass is 10.0. The number of esters is 1. The summed E-state index contributed by atoms with van der Waals surface area (Å²) in [6.45, 7) is 6.08. The maximum absolute atomic E-state index is 12.8. The van der Waals surface area contributed by atoms with E-state index in [1.165, 1.54) is 35.6 Å². The molecule has 0 spiro atoms. The van der Waals surface area contributed by atoms with Gasteiger partial charge in [0.25, 0.3) is 5.91 Å². The number of sulfone groups is 1. The zero-order valence-electron chi connectivity index (χ0n) is 17.8. The van der Waals surface area contributed by atoms with Crippen LogP contribution in [0.5, 0.6) is 0 Å². The standard InChI is InChI=1S/C22H24N2O5S2/c1-5-29-20(25)13-24-18-10-9-15(14(2)3)12-19(18)30-22(24)23-21(26)16-7-6-8-17(11-16)31(4,27)28/h6-12,14H,5,13H2,1-4H3. The fraction of sp³-hybridized carbons (Fsp3) is 0.318. The Morgan fingerprint density at radius 3 is 2.55 bits per heavy atom. The number of carbonyl (C=O) groups excluding carboxylic acids is 2. The van der Waals surface area contributed by atoms with E-state index in [-0.39, 0.29) is 23.6 Å². The van der Waals surface area contributed by atoms with Crippen LogP contribution in [0.1, 0.15) is 42.6 Å². The molecule has 1 aromatic heterocycles. The van der Waals surface area contributed by atoms with Gasteiger partial charge in [-0.25, -0.2) is 8.42 Å². The lowest BCUT2D eigenvalue weighted by Gasteiger charge is -2.07. The first-order chi connectivity index (χ1) is 14.6. The van der Waals surface area contributed by atoms with Gasteiger partial charge < -0.3 is 9.30 Å². The SMILES string of the molecule is CCOC(=O)Cn1c(=NC(=O)c2cccc(S(C)(=O)=O)c2)sc2cc(C(C)C)ccc21. The molecule has 0 aliphatic heterocycles. The van der Waals surface area contributed by atoms with Gasteiger partial charge in [-0.3, -0.25) is 9.59 Å². The van der Waals surface area contributed by atoms with E-state index in [1.54, 1.807) is 11.5 Å². The van der Waals surface area contributed by atoms with Gasteiger partial charge in [0, 0.05) is 11.8 Å². The molecule has 2 aromatic carbocycles. The molecule has 0 saturated carbocycles. The number of benzene rings is 2. The van der Waals surface area contributed by atoms with E-state index in [1.807, 2.05) is 18.2 Å². The average molecular weight is 461 g/mol. The second-order valence-corrected chi connectivity index (χ2v) is 10.4. The van der Waals surface area contributed by atoms with Gasteiger partial charge in [0.05, 0.1) is 21.7 Å². The van der Waals surface area contributed by atoms with Crippen LogP contribution in [0.4, 0.5) is 0 Å². The minimum Gasteiger partial charge on any atom is -0.465 e. The molecular weight excluding hydrogens is 436 g/mol. The van der Waals surface area contributed by atoms with E-state index in [0.29, 0.717) is 10.7 Å². The van der Waals surface area contributed by atoms with E-state index < -0.39 is 21.7 Å². The Labute approximate surface area is 184 Å². The van der Waals surface area contributed by atoms with Crippen molar-refractivity contribution in [1.82, 2.24) is 4.57 Å². The highest BCUT2D eigenvalue weighted by Crippen LogP contribution is 2.24. The van der Waals surface area contributed by atoms with Crippen molar-refractivity contribution in [1.29, 1.82) is 0 Å². The zero-order valence-corrected chi connectivity index (χ0v) is 19.4. The first-order valence-corrected chi connectivity index (χ1v) is 12.5. The van der Waals surface area contributed by atoms with Crippen LogP contribution in [-0.2, 0) is 25.9 Å². The number of nitrogens with zero attached hydrogens (tertiary/aromatic N) is 2. The van der Waals surface area contributed by atoms with Gasteiger partial charge in [-0.2, -0.15) is 4.99 Å². The van der Waals surface area contributed by atoms with Gasteiger partial charge in [0.2, 0.25) is 0 Å². The largest absolute Gasteiger partial charge is 0.465 e. The van der Waals surface area contributed by atoms with E-state index in [9.17, 15) is 18.0 Å². The molecule has 0 saturated heterocycles. The number of amides is 1. The van der Waals surface area contributed by atoms with Crippen LogP contribution in [0, 0.1) is 0 Å². The number of carbonyl (C=O) groups is 2. The molecular formula is C22H24N2O5S2. The molecule has 0 atom stereocenters. The minimum absolute atomic E-state index is 0.0471. The lowest BCUT2D eigenvalue weighted by molar-refractivity contribution is -0.143. The predicted octanol–water partition coefficient (Wildman–Crippen LogP) is 3.53. The number of thiazole rings is 1. The molecule has 0 N–H and O–H groups in total. The molecule has 0 aliphatic rings. The summed E-state index contributed by atoms with van der Waals surface area (Å²) in [5.41, 5.74) is 2.07. The third-order valence-corrected chi connectivity index (χ3v) is 6.82. The zero-order chi connectivity index (χ0) is 22.8. The third kappa shape index (κ3) is 5.29. The van der Waals surface area contributed by atoms with Crippen molar-refractivity contribution in [2.75, 3.05) is 12.9 Å². The Morgan fingerprint density at radius 2 is 1.90 bits per heavy atom. The molecule has 1 heterocycles. The molecule has 0 unspecified atom stereocenters. The van der Waals surface area contributed by atoms with Crippen LogP contribution < -0.4 is 4.80 Å². The third-order valence-electron chi connectivity index (χ3n) is 4.67. The second-order valence-electron chi connectivity index (χ2n) is 7.37. The molecule has 9 heteroatoms. The number of hydrogen-bond acceptors (Lipinski definition) is 6. The molecule has 0 radical (unpaired) electrons. The summed E-state index contributed by atoms with van der Waals surface area (Å²) in [6, 6.07) is 11.7. The molecule has 164 valence electrons. The Bertz CT molecular complexity index is 1320. The summed E-state index contributed by atoms with van der Waals surface area (Å²) in [7, 11) is -3.45. The van der Waals surface area contributed by atoms with Crippen LogP contribution >= 0.6 is 11.3 Å². The average Bonchev–Trinajstić information content (AvgIpc) is 3.03. The van der Waals surface area contributed by atoms with Gasteiger partial charge in [0.15, 0.2) is 14.6 Å². The van der Waals surface area contributed by atoms with Crippen LogP contribution in [0.25, 0.3) is 10.2 Å². The molecule has 0 bridgehead atoms. The summed E-state index contributed by atoms with van der Waals surface area (Å²) in [5.74, 6) is -0.687. The van der Waals surface area contributed by atoms with Crippen molar-refractivity contribution in [3.8, 4) is 0 Å². The van der Waals surface area contributed by atoms with Gasteiger partial charge in [-0.15, -0.1) is 0 Å². The van der Waals surface area contributed by atoms with E-state index >= 15 is 0 Å². The molecule has 0 fully saturated rings. The monoisotopic (exact) mass is 460 g/mol. The van der Waals surface area contributed by atoms with E-state index in [4.69, 9.17) is 4.74 Å². The summed E-state index contributed by atoms with van der Waals surface area (Å²) in [5, 5.41) is 0. The highest BCUT2D eigenvalue weighted by atomic mass is 32.2. The van der Waals surface area contributed by atoms with Gasteiger partial charge in [0.1, 0.15) is 6.54 Å². The van der Waals surface area contributed by atoms with Crippen LogP contribution in [0.2, 0.25) is 0 Å². The smallest absolute Gasteiger partial charge is 0.326 e. The number of rotatable bonds is 6. The highest BCUT2D eigenvalue weighted by molar-refractivity contribution is 7.90. The van der Waals surface area contributed by atoms with Gasteiger partial charge >= 0.3 is 5.97 Å². The molecule has 1 amide bonds. The van der Waals surface area contributed by atoms with Gasteiger partial charge in [-0.1, -0.05) is 37.3 Å². The topological polar surface area (TPSA) is 94.8 Å². The van der Waals surface area contributed by atoms with Crippen LogP contribution in [0.15, 0.2) is 52.4 Å². The van der Waals surface area contributed by atoms with Gasteiger partial charge in [-0.05, 0) is 48.7 Å². The van der Waals surface area contributed by atoms with Crippen molar-refractivity contribution in [3.63, 3.8) is 0 Å². The van der Waals surface area contributed by atoms with E-state index in [0.717, 1.165) is 22.0 Å². The Hall–Kier alpha value is -2.78. The Balaban J connectivity index is 2.13. The Kier molecular flexibility index (Phi) is 6.76. The van der Waals surface area contributed by atoms with Crippen molar-refractivity contribution in [2.24, 2.45) is 4.99 Å². The second kappa shape index (κ2) is 9.15. The minimum atomic E-state index is -3.45. The lowest BCUT2D eigenvalue weighted by Crippen LogP contribution is -2.23. The maximum atomic E-state index is 12.8. The quantitative estimate of drug-likeness (QED) is 0.525. The van der Waals surface area contributed by atoms with Crippen LogP contribution in [0.3, 0.4) is 0 Å². The first kappa shape index (κ1) is 22.9. The van der Waals surface area contributed by atoms with Crippen molar-refractivity contribution in [3.05, 3.63) is 58.4 Å². The highest BCUT2D eigenvalue weighted by Gasteiger charge is 2.15. The predicted molar refractivity (Wildman–Crippen MR) is 120 cm³/mol. The molecule has 7 nitrogen and oxygen atoms in total. The number of ether oxygens (including phenoxy) is 1. The van der Waals surface area contributed by atoms with Crippen molar-refractivity contribution in [2.45, 2.75) is 38.1 Å². The number of fused-ring (bicyclic) bond motifs is 1. The maximum Gasteiger partial charge on any atom is 0.326 e. The molecule has 3 aromatic rings.